The minimum Gasteiger partial charge on any atom is -0.382 e. The predicted molar refractivity (Wildman–Crippen MR) is 142 cm³/mol. The summed E-state index contributed by atoms with van der Waals surface area (Å²) in [5.41, 5.74) is 3.77. The largest absolute Gasteiger partial charge is 0.382 e. The molecule has 1 heterocycles. The van der Waals surface area contributed by atoms with Crippen molar-refractivity contribution in [3.05, 3.63) is 69.8 Å². The van der Waals surface area contributed by atoms with Gasteiger partial charge in [0.25, 0.3) is 0 Å². The Morgan fingerprint density at radius 1 is 0.938 bits per heavy atom. The summed E-state index contributed by atoms with van der Waals surface area (Å²) in [5, 5.41) is 6.19. The topological polar surface area (TPSA) is 28.2 Å². The average molecular weight is 470 g/mol. The van der Waals surface area contributed by atoms with Crippen molar-refractivity contribution in [2.75, 3.05) is 11.9 Å². The van der Waals surface area contributed by atoms with Crippen LogP contribution in [-0.2, 0) is 0 Å². The van der Waals surface area contributed by atoms with E-state index in [9.17, 15) is 0 Å². The van der Waals surface area contributed by atoms with Gasteiger partial charge in [0.1, 0.15) is 0 Å². The molecule has 32 heavy (non-hydrogen) atoms. The molecular weight excluding hydrogens is 437 g/mol. The van der Waals surface area contributed by atoms with Gasteiger partial charge in [-0.2, -0.15) is 0 Å². The molecule has 3 aromatic rings. The van der Waals surface area contributed by atoms with Crippen LogP contribution < -0.4 is 5.32 Å². The number of rotatable bonds is 9. The molecule has 0 aliphatic carbocycles. The number of hydrogen-bond acceptors (Lipinski definition) is 3. The second-order valence-corrected chi connectivity index (χ2v) is 9.71. The summed E-state index contributed by atoms with van der Waals surface area (Å²) >= 11 is 12.6. The number of benzene rings is 2. The molecule has 0 radical (unpaired) electrons. The molecule has 5 heteroatoms. The van der Waals surface area contributed by atoms with Crippen LogP contribution in [-0.4, -0.2) is 34.6 Å². The highest BCUT2D eigenvalue weighted by Gasteiger charge is 2.15. The molecule has 0 amide bonds. The van der Waals surface area contributed by atoms with Gasteiger partial charge in [-0.05, 0) is 83.0 Å². The average Bonchev–Trinajstić information content (AvgIpc) is 2.72. The molecule has 1 atom stereocenters. The van der Waals surface area contributed by atoms with Gasteiger partial charge in [0.05, 0.1) is 11.2 Å². The lowest BCUT2D eigenvalue weighted by Gasteiger charge is -2.31. The summed E-state index contributed by atoms with van der Waals surface area (Å²) < 4.78 is 0. The number of hydrogen-bond donors (Lipinski definition) is 1. The molecule has 0 saturated heterocycles. The second-order valence-electron chi connectivity index (χ2n) is 8.87. The van der Waals surface area contributed by atoms with Gasteiger partial charge in [-0.1, -0.05) is 47.5 Å². The fourth-order valence-corrected chi connectivity index (χ4v) is 4.37. The van der Waals surface area contributed by atoms with Gasteiger partial charge in [0, 0.05) is 45.8 Å². The van der Waals surface area contributed by atoms with E-state index in [0.29, 0.717) is 23.1 Å². The van der Waals surface area contributed by atoms with Gasteiger partial charge in [0.15, 0.2) is 0 Å². The zero-order chi connectivity index (χ0) is 23.3. The number of fused-ring (bicyclic) bond motifs is 1. The van der Waals surface area contributed by atoms with Gasteiger partial charge in [-0.15, -0.1) is 0 Å². The molecule has 2 aromatic carbocycles. The van der Waals surface area contributed by atoms with Crippen molar-refractivity contribution < 1.29 is 0 Å². The van der Waals surface area contributed by atoms with Crippen LogP contribution in [0.1, 0.15) is 52.3 Å². The zero-order valence-corrected chi connectivity index (χ0v) is 21.1. The first-order valence-electron chi connectivity index (χ1n) is 11.3. The molecular formula is C27H33Cl2N3. The monoisotopic (exact) mass is 469 g/mol. The summed E-state index contributed by atoms with van der Waals surface area (Å²) in [6.07, 6.45) is 5.05. The first kappa shape index (κ1) is 24.6. The van der Waals surface area contributed by atoms with Crippen molar-refractivity contribution in [2.45, 2.75) is 59.2 Å². The Morgan fingerprint density at radius 2 is 1.66 bits per heavy atom. The van der Waals surface area contributed by atoms with Crippen molar-refractivity contribution in [2.24, 2.45) is 0 Å². The van der Waals surface area contributed by atoms with Gasteiger partial charge in [-0.25, -0.2) is 4.98 Å². The molecule has 0 fully saturated rings. The van der Waals surface area contributed by atoms with Crippen LogP contribution in [0, 0.1) is 0 Å². The molecule has 1 unspecified atom stereocenters. The number of halogens is 2. The molecule has 3 rings (SSSR count). The summed E-state index contributed by atoms with van der Waals surface area (Å²) in [4.78, 5) is 7.33. The smallest absolute Gasteiger partial charge is 0.0744 e. The lowest BCUT2D eigenvalue weighted by Crippen LogP contribution is -2.39. The van der Waals surface area contributed by atoms with Crippen molar-refractivity contribution in [1.82, 2.24) is 9.88 Å². The summed E-state index contributed by atoms with van der Waals surface area (Å²) in [5.74, 6) is 0. The SMILES string of the molecule is CC(CCN(C(C)C)C(C)C)Nc1cc(C=Cc2ccccc2Cl)nc2cc(Cl)ccc12. The van der Waals surface area contributed by atoms with Gasteiger partial charge < -0.3 is 5.32 Å². The maximum atomic E-state index is 6.31. The van der Waals surface area contributed by atoms with Gasteiger partial charge >= 0.3 is 0 Å². The lowest BCUT2D eigenvalue weighted by molar-refractivity contribution is 0.171. The van der Waals surface area contributed by atoms with Crippen molar-refractivity contribution in [3.63, 3.8) is 0 Å². The van der Waals surface area contributed by atoms with Crippen LogP contribution in [0.25, 0.3) is 23.1 Å². The van der Waals surface area contributed by atoms with Crippen LogP contribution in [0.3, 0.4) is 0 Å². The normalized spacial score (nSPS) is 13.1. The van der Waals surface area contributed by atoms with Crippen molar-refractivity contribution in [3.8, 4) is 0 Å². The van der Waals surface area contributed by atoms with E-state index in [1.54, 1.807) is 0 Å². The Morgan fingerprint density at radius 3 is 2.34 bits per heavy atom. The molecule has 0 aliphatic heterocycles. The molecule has 1 N–H and O–H groups in total. The second kappa shape index (κ2) is 11.2. The fourth-order valence-electron chi connectivity index (χ4n) is 4.01. The lowest BCUT2D eigenvalue weighted by atomic mass is 10.1. The molecule has 0 saturated carbocycles. The highest BCUT2D eigenvalue weighted by atomic mass is 35.5. The van der Waals surface area contributed by atoms with Crippen LogP contribution in [0.4, 0.5) is 5.69 Å². The number of anilines is 1. The Hall–Kier alpha value is -2.07. The summed E-state index contributed by atoms with van der Waals surface area (Å²) in [7, 11) is 0. The van der Waals surface area contributed by atoms with Crippen molar-refractivity contribution in [1.29, 1.82) is 0 Å². The van der Waals surface area contributed by atoms with Crippen LogP contribution >= 0.6 is 23.2 Å². The predicted octanol–water partition coefficient (Wildman–Crippen LogP) is 8.02. The third-order valence-electron chi connectivity index (χ3n) is 5.68. The molecule has 1 aromatic heterocycles. The maximum absolute atomic E-state index is 6.31. The Bertz CT molecular complexity index is 1070. The number of pyridine rings is 1. The van der Waals surface area contributed by atoms with E-state index >= 15 is 0 Å². The minimum absolute atomic E-state index is 0.316. The molecule has 0 aliphatic rings. The summed E-state index contributed by atoms with van der Waals surface area (Å²) in [6.45, 7) is 12.3. The van der Waals surface area contributed by atoms with Crippen LogP contribution in [0.2, 0.25) is 10.0 Å². The zero-order valence-electron chi connectivity index (χ0n) is 19.6. The van der Waals surface area contributed by atoms with E-state index in [1.165, 1.54) is 0 Å². The van der Waals surface area contributed by atoms with Crippen LogP contribution in [0.5, 0.6) is 0 Å². The highest BCUT2D eigenvalue weighted by molar-refractivity contribution is 6.32. The Balaban J connectivity index is 1.86. The first-order valence-corrected chi connectivity index (χ1v) is 12.1. The molecule has 0 bridgehead atoms. The Kier molecular flexibility index (Phi) is 8.58. The number of nitrogens with zero attached hydrogens (tertiary/aromatic N) is 2. The first-order chi connectivity index (χ1) is 15.2. The fraction of sp³-hybridized carbons (Fsp3) is 0.370. The Labute approximate surface area is 202 Å². The number of aromatic nitrogens is 1. The minimum atomic E-state index is 0.316. The highest BCUT2D eigenvalue weighted by Crippen LogP contribution is 2.28. The van der Waals surface area contributed by atoms with E-state index in [4.69, 9.17) is 28.2 Å². The quantitative estimate of drug-likeness (QED) is 0.343. The van der Waals surface area contributed by atoms with Crippen LogP contribution in [0.15, 0.2) is 48.5 Å². The van der Waals surface area contributed by atoms with E-state index in [2.05, 4.69) is 50.9 Å². The summed E-state index contributed by atoms with van der Waals surface area (Å²) in [6, 6.07) is 17.1. The van der Waals surface area contributed by atoms with Gasteiger partial charge in [-0.3, -0.25) is 4.90 Å². The standard InChI is InChI=1S/C27H33Cl2N3/c1-18(2)32(19(3)4)15-14-20(5)30-27-17-23(12-10-21-8-6-7-9-25(21)29)31-26-16-22(28)11-13-24(26)27/h6-13,16-20H,14-15H2,1-5H3,(H,30,31). The van der Waals surface area contributed by atoms with E-state index in [1.807, 2.05) is 54.6 Å². The third-order valence-corrected chi connectivity index (χ3v) is 6.26. The van der Waals surface area contributed by atoms with E-state index in [-0.39, 0.29) is 0 Å². The number of nitrogens with one attached hydrogen (secondary N) is 1. The van der Waals surface area contributed by atoms with E-state index < -0.39 is 0 Å². The maximum Gasteiger partial charge on any atom is 0.0744 e. The molecule has 3 nitrogen and oxygen atoms in total. The molecule has 0 spiro atoms. The molecule has 170 valence electrons. The van der Waals surface area contributed by atoms with E-state index in [0.717, 1.165) is 45.8 Å². The third kappa shape index (κ3) is 6.48. The van der Waals surface area contributed by atoms with Crippen molar-refractivity contribution >= 4 is 51.9 Å². The van der Waals surface area contributed by atoms with Gasteiger partial charge in [0.2, 0.25) is 0 Å².